The van der Waals surface area contributed by atoms with E-state index in [9.17, 15) is 47.9 Å². The molecule has 28 heavy (non-hydrogen) atoms. The van der Waals surface area contributed by atoms with Crippen molar-refractivity contribution < 1.29 is 52.5 Å². The first-order valence-corrected chi connectivity index (χ1v) is 9.28. The molecule has 1 unspecified atom stereocenters. The summed E-state index contributed by atoms with van der Waals surface area (Å²) in [4.78, 5) is -0.384. The van der Waals surface area contributed by atoms with Crippen LogP contribution in [-0.2, 0) is 10.1 Å². The van der Waals surface area contributed by atoms with E-state index in [1.165, 1.54) is 6.08 Å². The standard InChI is InChI=1S/C15H17F9O3S/c1-11(8-4-10(5-9-11)28(25,26)27)6-2-3-7-12(16,17)13(18,19)14(20,21)15(22,23)24/h4-5,8H,2-3,6-7,9H2,1H3,(H,25,26,27). The van der Waals surface area contributed by atoms with E-state index < -0.39 is 52.3 Å². The average molecular weight is 448 g/mol. The van der Waals surface area contributed by atoms with Gasteiger partial charge in [-0.2, -0.15) is 47.9 Å². The molecule has 3 nitrogen and oxygen atoms in total. The summed E-state index contributed by atoms with van der Waals surface area (Å²) < 4.78 is 146. The third kappa shape index (κ3) is 5.02. The number of rotatable bonds is 8. The highest BCUT2D eigenvalue weighted by Crippen LogP contribution is 2.54. The van der Waals surface area contributed by atoms with Gasteiger partial charge >= 0.3 is 23.9 Å². The lowest BCUT2D eigenvalue weighted by atomic mass is 9.79. The topological polar surface area (TPSA) is 54.4 Å². The fourth-order valence-corrected chi connectivity index (χ4v) is 3.10. The van der Waals surface area contributed by atoms with Crippen molar-refractivity contribution >= 4 is 10.1 Å². The molecule has 0 aliphatic heterocycles. The van der Waals surface area contributed by atoms with Gasteiger partial charge in [-0.3, -0.25) is 4.55 Å². The Hall–Kier alpha value is -1.24. The zero-order valence-electron chi connectivity index (χ0n) is 14.3. The van der Waals surface area contributed by atoms with Gasteiger partial charge in [-0.05, 0) is 30.8 Å². The number of allylic oxidation sites excluding steroid dienone is 3. The highest BCUT2D eigenvalue weighted by atomic mass is 32.2. The molecule has 0 bridgehead atoms. The van der Waals surface area contributed by atoms with Gasteiger partial charge in [0.25, 0.3) is 10.1 Å². The highest BCUT2D eigenvalue weighted by Gasteiger charge is 2.81. The van der Waals surface area contributed by atoms with Gasteiger partial charge in [-0.25, -0.2) is 0 Å². The summed E-state index contributed by atoms with van der Waals surface area (Å²) in [6, 6.07) is 0. The molecule has 1 rings (SSSR count). The lowest BCUT2D eigenvalue weighted by Crippen LogP contribution is -2.60. The predicted molar refractivity (Wildman–Crippen MR) is 80.9 cm³/mol. The van der Waals surface area contributed by atoms with Crippen LogP contribution in [0.15, 0.2) is 23.1 Å². The maximum atomic E-state index is 13.4. The molecular weight excluding hydrogens is 431 g/mol. The molecule has 0 radical (unpaired) electrons. The Morgan fingerprint density at radius 1 is 1.00 bits per heavy atom. The summed E-state index contributed by atoms with van der Waals surface area (Å²) >= 11 is 0. The Morgan fingerprint density at radius 3 is 1.93 bits per heavy atom. The molecule has 0 aromatic carbocycles. The molecule has 1 aliphatic carbocycles. The first-order valence-electron chi connectivity index (χ1n) is 7.84. The number of alkyl halides is 9. The van der Waals surface area contributed by atoms with Gasteiger partial charge in [-0.15, -0.1) is 0 Å². The molecule has 0 aromatic rings. The van der Waals surface area contributed by atoms with Crippen molar-refractivity contribution in [1.82, 2.24) is 0 Å². The molecule has 1 N–H and O–H groups in total. The van der Waals surface area contributed by atoms with E-state index in [0.717, 1.165) is 12.2 Å². The Balaban J connectivity index is 2.69. The monoisotopic (exact) mass is 448 g/mol. The maximum Gasteiger partial charge on any atom is 0.460 e. The third-order valence-corrected chi connectivity index (χ3v) is 5.31. The fraction of sp³-hybridized carbons (Fsp3) is 0.733. The van der Waals surface area contributed by atoms with Crippen LogP contribution < -0.4 is 0 Å². The third-order valence-electron chi connectivity index (χ3n) is 4.42. The van der Waals surface area contributed by atoms with Crippen molar-refractivity contribution in [3.63, 3.8) is 0 Å². The van der Waals surface area contributed by atoms with Gasteiger partial charge in [-0.1, -0.05) is 25.5 Å². The quantitative estimate of drug-likeness (QED) is 0.292. The summed E-state index contributed by atoms with van der Waals surface area (Å²) in [5.74, 6) is -19.1. The van der Waals surface area contributed by atoms with Crippen LogP contribution in [-0.4, -0.2) is 36.9 Å². The van der Waals surface area contributed by atoms with Crippen LogP contribution in [0.4, 0.5) is 39.5 Å². The predicted octanol–water partition coefficient (Wildman–Crippen LogP) is 5.75. The summed E-state index contributed by atoms with van der Waals surface area (Å²) in [6.07, 6.45) is -6.07. The van der Waals surface area contributed by atoms with Crippen molar-refractivity contribution in [2.45, 2.75) is 63.0 Å². The minimum absolute atomic E-state index is 0.0378. The molecular formula is C15H17F9O3S. The van der Waals surface area contributed by atoms with Gasteiger partial charge < -0.3 is 0 Å². The molecule has 0 saturated carbocycles. The molecule has 0 spiro atoms. The number of halogens is 9. The zero-order valence-corrected chi connectivity index (χ0v) is 15.2. The van der Waals surface area contributed by atoms with E-state index >= 15 is 0 Å². The van der Waals surface area contributed by atoms with Crippen LogP contribution >= 0.6 is 0 Å². The molecule has 0 saturated heterocycles. The largest absolute Gasteiger partial charge is 0.460 e. The molecule has 0 aromatic heterocycles. The van der Waals surface area contributed by atoms with Crippen molar-refractivity contribution in [2.24, 2.45) is 5.41 Å². The number of hydrogen-bond donors (Lipinski definition) is 1. The van der Waals surface area contributed by atoms with E-state index in [4.69, 9.17) is 4.55 Å². The van der Waals surface area contributed by atoms with Gasteiger partial charge in [0, 0.05) is 6.42 Å². The lowest BCUT2D eigenvalue weighted by Gasteiger charge is -2.34. The smallest absolute Gasteiger partial charge is 0.282 e. The van der Waals surface area contributed by atoms with Crippen LogP contribution in [0.25, 0.3) is 0 Å². The second kappa shape index (κ2) is 7.54. The molecule has 164 valence electrons. The second-order valence-electron chi connectivity index (χ2n) is 6.83. The van der Waals surface area contributed by atoms with Gasteiger partial charge in [0.2, 0.25) is 0 Å². The highest BCUT2D eigenvalue weighted by molar-refractivity contribution is 7.90. The normalized spacial score (nSPS) is 22.3. The zero-order chi connectivity index (χ0) is 22.2. The van der Waals surface area contributed by atoms with Crippen LogP contribution in [0.2, 0.25) is 0 Å². The van der Waals surface area contributed by atoms with Crippen molar-refractivity contribution in [2.75, 3.05) is 0 Å². The Bertz CT molecular complexity index is 738. The van der Waals surface area contributed by atoms with Crippen LogP contribution in [0, 0.1) is 5.41 Å². The van der Waals surface area contributed by atoms with Crippen LogP contribution in [0.3, 0.4) is 0 Å². The summed E-state index contributed by atoms with van der Waals surface area (Å²) in [5.41, 5.74) is -0.790. The minimum atomic E-state index is -6.89. The van der Waals surface area contributed by atoms with Gasteiger partial charge in [0.05, 0.1) is 4.91 Å². The average Bonchev–Trinajstić information content (AvgIpc) is 2.49. The maximum absolute atomic E-state index is 13.4. The number of unbranched alkanes of at least 4 members (excludes halogenated alkanes) is 1. The minimum Gasteiger partial charge on any atom is -0.282 e. The van der Waals surface area contributed by atoms with Gasteiger partial charge in [0.1, 0.15) is 0 Å². The summed E-state index contributed by atoms with van der Waals surface area (Å²) in [5, 5.41) is 0. The van der Waals surface area contributed by atoms with E-state index in [2.05, 4.69) is 0 Å². The Kier molecular flexibility index (Phi) is 6.68. The van der Waals surface area contributed by atoms with E-state index in [1.54, 1.807) is 6.92 Å². The SMILES string of the molecule is CC1(CCCCC(F)(F)C(F)(F)C(F)(F)C(F)(F)F)C=CC(S(=O)(=O)O)=CC1. The molecule has 0 amide bonds. The molecule has 13 heteroatoms. The summed E-state index contributed by atoms with van der Waals surface area (Å²) in [6.45, 7) is 1.56. The van der Waals surface area contributed by atoms with E-state index in [1.807, 2.05) is 0 Å². The van der Waals surface area contributed by atoms with E-state index in [-0.39, 0.29) is 24.2 Å². The van der Waals surface area contributed by atoms with Crippen LogP contribution in [0.1, 0.15) is 39.0 Å². The van der Waals surface area contributed by atoms with E-state index in [0.29, 0.717) is 0 Å². The molecule has 0 fully saturated rings. The van der Waals surface area contributed by atoms with Crippen molar-refractivity contribution in [3.8, 4) is 0 Å². The lowest BCUT2D eigenvalue weighted by molar-refractivity contribution is -0.396. The van der Waals surface area contributed by atoms with Crippen molar-refractivity contribution in [3.05, 3.63) is 23.1 Å². The second-order valence-corrected chi connectivity index (χ2v) is 8.25. The molecule has 0 heterocycles. The Morgan fingerprint density at radius 2 is 1.54 bits per heavy atom. The Labute approximate surface area is 155 Å². The van der Waals surface area contributed by atoms with Crippen LogP contribution in [0.5, 0.6) is 0 Å². The van der Waals surface area contributed by atoms with Crippen molar-refractivity contribution in [1.29, 1.82) is 0 Å². The fourth-order valence-electron chi connectivity index (χ4n) is 2.57. The molecule has 1 aliphatic rings. The number of hydrogen-bond acceptors (Lipinski definition) is 2. The summed E-state index contributed by atoms with van der Waals surface area (Å²) in [7, 11) is -4.43. The van der Waals surface area contributed by atoms with Gasteiger partial charge in [0.15, 0.2) is 0 Å². The first kappa shape index (κ1) is 24.8. The molecule has 1 atom stereocenters. The first-order chi connectivity index (χ1) is 12.3.